The average Bonchev–Trinajstić information content (AvgIpc) is 4.13. The molecule has 9 amide bonds. The summed E-state index contributed by atoms with van der Waals surface area (Å²) in [6.07, 6.45) is 5.70. The molecule has 9 N–H and O–H groups in total. The number of rotatable bonds is 21. The van der Waals surface area contributed by atoms with E-state index in [9.17, 15) is 66.3 Å². The number of piperidine rings is 1. The average molecular weight is 1160 g/mol. The fourth-order valence-electron chi connectivity index (χ4n) is 10.7. The molecule has 1 saturated heterocycles. The minimum absolute atomic E-state index is 0.00227. The van der Waals surface area contributed by atoms with Crippen LogP contribution in [-0.2, 0) is 63.2 Å². The first-order chi connectivity index (χ1) is 39.7. The Morgan fingerprint density at radius 2 is 1.60 bits per heavy atom. The lowest BCUT2D eigenvalue weighted by molar-refractivity contribution is -0.137. The molecule has 1 fully saturated rings. The molecule has 0 radical (unpaired) electrons. The summed E-state index contributed by atoms with van der Waals surface area (Å²) in [7, 11) is -5.94. The van der Waals surface area contributed by atoms with Crippen molar-refractivity contribution in [1.29, 1.82) is 0 Å². The second kappa shape index (κ2) is 25.2. The van der Waals surface area contributed by atoms with Crippen LogP contribution >= 0.6 is 7.60 Å². The number of anilines is 1. The number of carbonyl (C=O) groups is 9. The van der Waals surface area contributed by atoms with E-state index in [4.69, 9.17) is 5.73 Å². The largest absolute Gasteiger partial charge is 0.399 e. The van der Waals surface area contributed by atoms with Crippen LogP contribution in [0, 0.1) is 11.8 Å². The molecule has 0 bridgehead atoms. The van der Waals surface area contributed by atoms with Crippen LogP contribution in [-0.4, -0.2) is 109 Å². The van der Waals surface area contributed by atoms with Gasteiger partial charge in [0.15, 0.2) is 0 Å². The van der Waals surface area contributed by atoms with E-state index in [1.165, 1.54) is 9.80 Å². The molecule has 9 rings (SSSR count). The molecular formula is C58H59F2N10O12P. The highest BCUT2D eigenvalue weighted by Gasteiger charge is 2.51. The van der Waals surface area contributed by atoms with Crippen molar-refractivity contribution in [3.05, 3.63) is 136 Å². The van der Waals surface area contributed by atoms with Crippen LogP contribution in [0.5, 0.6) is 0 Å². The summed E-state index contributed by atoms with van der Waals surface area (Å²) in [5, 5.41) is 13.3. The Hall–Kier alpha value is -8.78. The molecular weight excluding hydrogens is 1100 g/mol. The van der Waals surface area contributed by atoms with Gasteiger partial charge in [-0.2, -0.15) is 8.78 Å². The zero-order valence-electron chi connectivity index (χ0n) is 44.7. The number of hydrogen-bond acceptors (Lipinski definition) is 12. The lowest BCUT2D eigenvalue weighted by atomic mass is 10.0. The molecule has 432 valence electrons. The molecule has 5 atom stereocenters. The number of halogens is 2. The Labute approximate surface area is 474 Å². The number of carbonyl (C=O) groups excluding carboxylic acids is 9. The molecule has 1 unspecified atom stereocenters. The van der Waals surface area contributed by atoms with Gasteiger partial charge < -0.3 is 41.7 Å². The van der Waals surface area contributed by atoms with Crippen LogP contribution in [0.2, 0.25) is 0 Å². The van der Waals surface area contributed by atoms with Crippen molar-refractivity contribution in [1.82, 2.24) is 41.5 Å². The predicted molar refractivity (Wildman–Crippen MR) is 294 cm³/mol. The number of amides is 9. The molecule has 0 aliphatic carbocycles. The van der Waals surface area contributed by atoms with Crippen molar-refractivity contribution in [3.63, 3.8) is 0 Å². The number of fused-ring (bicyclic) bond motifs is 2. The summed E-state index contributed by atoms with van der Waals surface area (Å²) in [6, 6.07) is 15.6. The molecule has 0 saturated carbocycles. The number of hydrogen-bond donors (Lipinski definition) is 8. The Balaban J connectivity index is 0.797. The van der Waals surface area contributed by atoms with Gasteiger partial charge in [-0.3, -0.25) is 62.9 Å². The molecule has 4 aliphatic rings. The van der Waals surface area contributed by atoms with Gasteiger partial charge in [0.1, 0.15) is 35.9 Å². The lowest BCUT2D eigenvalue weighted by Gasteiger charge is -2.29. The van der Waals surface area contributed by atoms with Crippen LogP contribution in [0.3, 0.4) is 0 Å². The van der Waals surface area contributed by atoms with Gasteiger partial charge in [0.05, 0.1) is 22.9 Å². The molecule has 4 aliphatic heterocycles. The summed E-state index contributed by atoms with van der Waals surface area (Å²) in [5.41, 5.74) is 3.39. The second-order valence-corrected chi connectivity index (χ2v) is 22.4. The zero-order valence-corrected chi connectivity index (χ0v) is 45.6. The zero-order chi connectivity index (χ0) is 59.2. The van der Waals surface area contributed by atoms with E-state index in [0.717, 1.165) is 49.6 Å². The highest BCUT2D eigenvalue weighted by molar-refractivity contribution is 7.52. The number of aromatic nitrogens is 2. The van der Waals surface area contributed by atoms with Crippen LogP contribution in [0.15, 0.2) is 91.1 Å². The van der Waals surface area contributed by atoms with E-state index in [0.29, 0.717) is 52.4 Å². The van der Waals surface area contributed by atoms with Gasteiger partial charge in [0, 0.05) is 55.5 Å². The lowest BCUT2D eigenvalue weighted by Crippen LogP contribution is -2.57. The number of primary amides is 1. The van der Waals surface area contributed by atoms with Crippen molar-refractivity contribution in [2.24, 2.45) is 5.73 Å². The third-order valence-electron chi connectivity index (χ3n) is 15.1. The number of alkyl halides is 2. The van der Waals surface area contributed by atoms with Crippen molar-refractivity contribution < 1.29 is 66.3 Å². The standard InChI is InChI=1S/C58H59F2N10O12P/c59-58(60,83(80,81)82)37-21-23-40-43(30-37)64-44(31-63-40)52(74)66-42-22-20-35-17-11-18-36-29-46(70(50(35)36)57(42)79)54(76)65-41(24-26-47(61)71)51(73)68-49(34-14-8-6-9-15-34)55(77)62-28-10-5-3-1-2-4-7-13-33-16-12-19-38-39(33)32-69(56(38)78)45-25-27-48(72)67-53(45)75/h6,8-9,11-12,14-19,21,23,30-31,41-42,45-46,49H,1-5,10,20,22,24-29,32H2,(H2,61,71)(H,62,77)(H,65,76)(H,66,74)(H,68,73)(H,67,72,75)(H2,80,81,82)/t41-,42-,45?,46-,49-/m0/s1. The van der Waals surface area contributed by atoms with Gasteiger partial charge in [0.25, 0.3) is 11.8 Å². The maximum absolute atomic E-state index is 14.6. The normalized spacial score (nSPS) is 18.2. The molecule has 5 aromatic rings. The minimum Gasteiger partial charge on any atom is -0.370 e. The topological polar surface area (TPSA) is 330 Å². The van der Waals surface area contributed by atoms with Gasteiger partial charge in [0.2, 0.25) is 41.4 Å². The van der Waals surface area contributed by atoms with E-state index < -0.39 is 96.1 Å². The maximum atomic E-state index is 14.6. The number of nitrogens with two attached hydrogens (primary N) is 1. The van der Waals surface area contributed by atoms with E-state index in [1.54, 1.807) is 60.7 Å². The quantitative estimate of drug-likeness (QED) is 0.0225. The van der Waals surface area contributed by atoms with Gasteiger partial charge in [-0.25, -0.2) is 4.98 Å². The fraction of sp³-hybridized carbons (Fsp3) is 0.362. The Kier molecular flexibility index (Phi) is 17.8. The Morgan fingerprint density at radius 3 is 2.36 bits per heavy atom. The van der Waals surface area contributed by atoms with E-state index in [-0.39, 0.29) is 80.9 Å². The second-order valence-electron chi connectivity index (χ2n) is 20.7. The van der Waals surface area contributed by atoms with Gasteiger partial charge in [-0.1, -0.05) is 91.8 Å². The fourth-order valence-corrected chi connectivity index (χ4v) is 11.2. The van der Waals surface area contributed by atoms with Crippen molar-refractivity contribution in [2.75, 3.05) is 11.4 Å². The molecule has 4 aromatic carbocycles. The summed E-state index contributed by atoms with van der Waals surface area (Å²) in [4.78, 5) is 150. The van der Waals surface area contributed by atoms with Gasteiger partial charge in [-0.15, -0.1) is 0 Å². The summed E-state index contributed by atoms with van der Waals surface area (Å²) >= 11 is 0. The molecule has 1 aromatic heterocycles. The minimum atomic E-state index is -5.94. The smallest absolute Gasteiger partial charge is 0.370 e. The summed E-state index contributed by atoms with van der Waals surface area (Å²) in [5.74, 6) is 0.756. The summed E-state index contributed by atoms with van der Waals surface area (Å²) in [6.45, 7) is 0.515. The molecule has 83 heavy (non-hydrogen) atoms. The first kappa shape index (κ1) is 58.9. The SMILES string of the molecule is NC(=O)CC[C@H](NC(=O)[C@@H]1Cc2cccc3c2N1C(=O)[C@@H](NC(=O)c1cnc2ccc(C(F)(F)P(=O)(O)O)cc2n1)CC3)C(=O)N[C@H](C(=O)NCCCCCCCC#Cc1cccc2c1CN(C1CCC(=O)NC1=O)C2=O)c1ccccc1. The Morgan fingerprint density at radius 1 is 0.855 bits per heavy atom. The number of unbranched alkanes of at least 4 members (excludes halogenated alkanes) is 5. The van der Waals surface area contributed by atoms with E-state index in [2.05, 4.69) is 48.4 Å². The predicted octanol–water partition coefficient (Wildman–Crippen LogP) is 3.74. The van der Waals surface area contributed by atoms with Gasteiger partial charge in [-0.05, 0) is 85.0 Å². The third-order valence-corrected chi connectivity index (χ3v) is 16.1. The van der Waals surface area contributed by atoms with Crippen LogP contribution < -0.4 is 37.2 Å². The first-order valence-electron chi connectivity index (χ1n) is 27.1. The van der Waals surface area contributed by atoms with Crippen molar-refractivity contribution in [2.45, 2.75) is 126 Å². The first-order valence-corrected chi connectivity index (χ1v) is 28.7. The number of benzene rings is 4. The maximum Gasteiger partial charge on any atom is 0.399 e. The summed E-state index contributed by atoms with van der Waals surface area (Å²) < 4.78 is 40.8. The van der Waals surface area contributed by atoms with Crippen molar-refractivity contribution in [3.8, 4) is 11.8 Å². The molecule has 0 spiro atoms. The number of nitrogens with one attached hydrogen (secondary N) is 5. The molecule has 22 nitrogen and oxygen atoms in total. The third kappa shape index (κ3) is 13.1. The number of para-hydroxylation sites is 1. The highest BCUT2D eigenvalue weighted by Crippen LogP contribution is 2.59. The highest BCUT2D eigenvalue weighted by atomic mass is 31.2. The van der Waals surface area contributed by atoms with Crippen LogP contribution in [0.25, 0.3) is 11.0 Å². The molecule has 25 heteroatoms. The number of nitrogens with zero attached hydrogens (tertiary/aromatic N) is 4. The number of aryl methyl sites for hydroxylation is 1. The van der Waals surface area contributed by atoms with E-state index >= 15 is 0 Å². The monoisotopic (exact) mass is 1160 g/mol. The van der Waals surface area contributed by atoms with Gasteiger partial charge >= 0.3 is 13.3 Å². The Bertz CT molecular complexity index is 3550. The number of imide groups is 1. The van der Waals surface area contributed by atoms with Crippen molar-refractivity contribution >= 4 is 77.5 Å². The van der Waals surface area contributed by atoms with Crippen LogP contribution in [0.1, 0.15) is 131 Å². The molecule has 5 heterocycles. The van der Waals surface area contributed by atoms with Crippen LogP contribution in [0.4, 0.5) is 14.5 Å². The van der Waals surface area contributed by atoms with E-state index in [1.807, 2.05) is 6.07 Å².